The van der Waals surface area contributed by atoms with Crippen molar-refractivity contribution in [1.29, 1.82) is 0 Å². The average molecular weight is 437 g/mol. The summed E-state index contributed by atoms with van der Waals surface area (Å²) < 4.78 is 56.0. The van der Waals surface area contributed by atoms with Crippen LogP contribution < -0.4 is 9.47 Å². The number of benzene rings is 2. The van der Waals surface area contributed by atoms with Gasteiger partial charge in [-0.3, -0.25) is 4.79 Å². The van der Waals surface area contributed by atoms with Gasteiger partial charge in [-0.2, -0.15) is 13.2 Å². The molecule has 1 aliphatic heterocycles. The van der Waals surface area contributed by atoms with Crippen LogP contribution in [0.25, 0.3) is 0 Å². The minimum Gasteiger partial charge on any atom is -0.497 e. The van der Waals surface area contributed by atoms with Gasteiger partial charge in [0.05, 0.1) is 25.2 Å². The fraction of sp³-hybridized carbons (Fsp3) is 0.435. The van der Waals surface area contributed by atoms with Gasteiger partial charge in [-0.15, -0.1) is 0 Å². The average Bonchev–Trinajstić information content (AvgIpc) is 2.78. The lowest BCUT2D eigenvalue weighted by atomic mass is 9.72. The maximum atomic E-state index is 13.6. The molecular weight excluding hydrogens is 411 g/mol. The summed E-state index contributed by atoms with van der Waals surface area (Å²) in [7, 11) is 4.73. The number of amides is 1. The lowest BCUT2D eigenvalue weighted by molar-refractivity contribution is -0.141. The summed E-state index contributed by atoms with van der Waals surface area (Å²) in [6.45, 7) is 0.858. The summed E-state index contributed by atoms with van der Waals surface area (Å²) >= 11 is 0. The Morgan fingerprint density at radius 1 is 1.10 bits per heavy atom. The zero-order chi connectivity index (χ0) is 22.6. The predicted octanol–water partition coefficient (Wildman–Crippen LogP) is 4.43. The van der Waals surface area contributed by atoms with E-state index < -0.39 is 17.2 Å². The molecule has 3 rings (SSSR count). The van der Waals surface area contributed by atoms with Gasteiger partial charge in [-0.25, -0.2) is 0 Å². The van der Waals surface area contributed by atoms with Crippen LogP contribution in [0.1, 0.15) is 29.5 Å². The van der Waals surface area contributed by atoms with Crippen LogP contribution in [0.4, 0.5) is 13.2 Å². The highest BCUT2D eigenvalue weighted by molar-refractivity contribution is 5.88. The van der Waals surface area contributed by atoms with Gasteiger partial charge in [0, 0.05) is 38.4 Å². The first kappa shape index (κ1) is 22.9. The topological polar surface area (TPSA) is 48.0 Å². The maximum absolute atomic E-state index is 13.6. The van der Waals surface area contributed by atoms with Crippen molar-refractivity contribution in [3.63, 3.8) is 0 Å². The molecule has 5 nitrogen and oxygen atoms in total. The van der Waals surface area contributed by atoms with Gasteiger partial charge < -0.3 is 19.1 Å². The van der Waals surface area contributed by atoms with Gasteiger partial charge in [0.1, 0.15) is 11.5 Å². The monoisotopic (exact) mass is 437 g/mol. The molecule has 1 heterocycles. The fourth-order valence-electron chi connectivity index (χ4n) is 4.01. The Morgan fingerprint density at radius 3 is 2.42 bits per heavy atom. The molecule has 1 saturated heterocycles. The van der Waals surface area contributed by atoms with Crippen LogP contribution in [0.5, 0.6) is 11.5 Å². The minimum atomic E-state index is -4.48. The van der Waals surface area contributed by atoms with Crippen molar-refractivity contribution < 1.29 is 32.2 Å². The zero-order valence-corrected chi connectivity index (χ0v) is 17.8. The Labute approximate surface area is 179 Å². The largest absolute Gasteiger partial charge is 0.497 e. The first-order chi connectivity index (χ1) is 14.7. The van der Waals surface area contributed by atoms with Crippen molar-refractivity contribution >= 4 is 5.91 Å². The SMILES string of the molecule is COc1ccc(CN(C)C(=O)C2(c3cccc(C(F)(F)F)c3)CCOCC2)c(OC)c1. The van der Waals surface area contributed by atoms with Crippen LogP contribution in [0.2, 0.25) is 0 Å². The first-order valence-corrected chi connectivity index (χ1v) is 9.93. The second kappa shape index (κ2) is 9.18. The quantitative estimate of drug-likeness (QED) is 0.671. The van der Waals surface area contributed by atoms with E-state index in [1.54, 1.807) is 32.4 Å². The van der Waals surface area contributed by atoms with Crippen molar-refractivity contribution in [3.05, 3.63) is 59.2 Å². The molecule has 8 heteroatoms. The summed E-state index contributed by atoms with van der Waals surface area (Å²) in [6.07, 6.45) is -3.85. The predicted molar refractivity (Wildman–Crippen MR) is 109 cm³/mol. The van der Waals surface area contributed by atoms with Gasteiger partial charge in [0.25, 0.3) is 0 Å². The minimum absolute atomic E-state index is 0.243. The van der Waals surface area contributed by atoms with Crippen molar-refractivity contribution in [2.45, 2.75) is 31.0 Å². The van der Waals surface area contributed by atoms with Gasteiger partial charge in [-0.1, -0.05) is 18.2 Å². The Kier molecular flexibility index (Phi) is 6.79. The number of likely N-dealkylation sites (N-methyl/N-ethyl adjacent to an activating group) is 1. The number of nitrogens with zero attached hydrogens (tertiary/aromatic N) is 1. The number of rotatable bonds is 6. The number of halogens is 3. The Hall–Kier alpha value is -2.74. The number of hydrogen-bond donors (Lipinski definition) is 0. The van der Waals surface area contributed by atoms with Crippen LogP contribution in [0.15, 0.2) is 42.5 Å². The molecule has 0 atom stereocenters. The van der Waals surface area contributed by atoms with E-state index in [1.807, 2.05) is 6.07 Å². The van der Waals surface area contributed by atoms with Crippen molar-refractivity contribution in [2.75, 3.05) is 34.5 Å². The molecular formula is C23H26F3NO4. The highest BCUT2D eigenvalue weighted by Crippen LogP contribution is 2.40. The third kappa shape index (κ3) is 4.79. The molecule has 168 valence electrons. The van der Waals surface area contributed by atoms with Gasteiger partial charge in [0.2, 0.25) is 5.91 Å². The van der Waals surface area contributed by atoms with E-state index in [0.717, 1.165) is 17.7 Å². The van der Waals surface area contributed by atoms with Crippen molar-refractivity contribution in [3.8, 4) is 11.5 Å². The number of carbonyl (C=O) groups excluding carboxylic acids is 1. The fourth-order valence-corrected chi connectivity index (χ4v) is 4.01. The second-order valence-electron chi connectivity index (χ2n) is 7.61. The molecule has 1 fully saturated rings. The summed E-state index contributed by atoms with van der Waals surface area (Å²) in [4.78, 5) is 15.2. The molecule has 1 aliphatic rings. The summed E-state index contributed by atoms with van der Waals surface area (Å²) in [5.41, 5.74) is -0.703. The standard InChI is InChI=1S/C23H26F3NO4/c1-27(15-16-7-8-19(29-2)14-20(16)30-3)21(28)22(9-11-31-12-10-22)17-5-4-6-18(13-17)23(24,25)26/h4-8,13-14H,9-12,15H2,1-3H3. The smallest absolute Gasteiger partial charge is 0.416 e. The molecule has 2 aromatic rings. The van der Waals surface area contributed by atoms with E-state index in [4.69, 9.17) is 14.2 Å². The van der Waals surface area contributed by atoms with Gasteiger partial charge >= 0.3 is 6.18 Å². The van der Waals surface area contributed by atoms with E-state index in [0.29, 0.717) is 43.1 Å². The molecule has 0 aliphatic carbocycles. The zero-order valence-electron chi connectivity index (χ0n) is 17.8. The van der Waals surface area contributed by atoms with E-state index in [9.17, 15) is 18.0 Å². The van der Waals surface area contributed by atoms with E-state index in [1.165, 1.54) is 18.1 Å². The van der Waals surface area contributed by atoms with Crippen LogP contribution in [-0.2, 0) is 27.7 Å². The third-order valence-corrected chi connectivity index (χ3v) is 5.75. The molecule has 2 aromatic carbocycles. The van der Waals surface area contributed by atoms with Crippen LogP contribution >= 0.6 is 0 Å². The van der Waals surface area contributed by atoms with Gasteiger partial charge in [-0.05, 0) is 36.6 Å². The number of methoxy groups -OCH3 is 2. The highest BCUT2D eigenvalue weighted by atomic mass is 19.4. The summed E-state index contributed by atoms with van der Waals surface area (Å²) in [5.74, 6) is 0.950. The van der Waals surface area contributed by atoms with E-state index in [-0.39, 0.29) is 12.5 Å². The molecule has 0 spiro atoms. The van der Waals surface area contributed by atoms with Crippen LogP contribution in [-0.4, -0.2) is 45.3 Å². The molecule has 1 amide bonds. The molecule has 0 unspecified atom stereocenters. The highest BCUT2D eigenvalue weighted by Gasteiger charge is 2.44. The molecule has 31 heavy (non-hydrogen) atoms. The number of hydrogen-bond acceptors (Lipinski definition) is 4. The van der Waals surface area contributed by atoms with E-state index >= 15 is 0 Å². The van der Waals surface area contributed by atoms with Crippen molar-refractivity contribution in [1.82, 2.24) is 4.90 Å². The lowest BCUT2D eigenvalue weighted by Crippen LogP contribution is -2.48. The van der Waals surface area contributed by atoms with Gasteiger partial charge in [0.15, 0.2) is 0 Å². The molecule has 0 bridgehead atoms. The number of alkyl halides is 3. The number of carbonyl (C=O) groups is 1. The maximum Gasteiger partial charge on any atom is 0.416 e. The normalized spacial score (nSPS) is 15.9. The summed E-state index contributed by atoms with van der Waals surface area (Å²) in [5, 5.41) is 0. The molecule has 0 saturated carbocycles. The third-order valence-electron chi connectivity index (χ3n) is 5.75. The molecule has 0 aromatic heterocycles. The second-order valence-corrected chi connectivity index (χ2v) is 7.61. The Balaban J connectivity index is 1.94. The van der Waals surface area contributed by atoms with Crippen LogP contribution in [0, 0.1) is 0 Å². The Morgan fingerprint density at radius 2 is 1.81 bits per heavy atom. The molecule has 0 radical (unpaired) electrons. The van der Waals surface area contributed by atoms with Crippen LogP contribution in [0.3, 0.4) is 0 Å². The Bertz CT molecular complexity index is 923. The molecule has 0 N–H and O–H groups in total. The van der Waals surface area contributed by atoms with E-state index in [2.05, 4.69) is 0 Å². The number of ether oxygens (including phenoxy) is 3. The van der Waals surface area contributed by atoms with Crippen molar-refractivity contribution in [2.24, 2.45) is 0 Å². The first-order valence-electron chi connectivity index (χ1n) is 9.93. The lowest BCUT2D eigenvalue weighted by Gasteiger charge is -2.39. The summed E-state index contributed by atoms with van der Waals surface area (Å²) in [6, 6.07) is 10.4.